The Morgan fingerprint density at radius 3 is 2.62 bits per heavy atom. The normalized spacial score (nSPS) is 33.8. The minimum atomic E-state index is -0.704. The number of carbonyl (C=O) groups is 1. The Kier molecular flexibility index (Phi) is 2.96. The van der Waals surface area contributed by atoms with Gasteiger partial charge < -0.3 is 10.4 Å². The first-order valence-corrected chi connectivity index (χ1v) is 4.96. The Bertz CT molecular complexity index is 199. The first-order chi connectivity index (χ1) is 5.93. The van der Waals surface area contributed by atoms with Crippen molar-refractivity contribution in [3.63, 3.8) is 0 Å². The number of hydrogen-bond donors (Lipinski definition) is 2. The third-order valence-corrected chi connectivity index (χ3v) is 2.77. The smallest absolute Gasteiger partial charge is 0.222 e. The summed E-state index contributed by atoms with van der Waals surface area (Å²) in [5.74, 6) is 0.0311. The molecule has 76 valence electrons. The molecule has 2 atom stereocenters. The SMILES string of the molecule is CC(C)C(=O)NC1CCCC1(C)O. The average Bonchev–Trinajstić information content (AvgIpc) is 2.30. The standard InChI is InChI=1S/C10H19NO2/c1-7(2)9(12)11-8-5-4-6-10(8,3)13/h7-8,13H,4-6H2,1-3H3,(H,11,12). The van der Waals surface area contributed by atoms with Crippen molar-refractivity contribution in [3.05, 3.63) is 0 Å². The second-order valence-electron chi connectivity index (χ2n) is 4.47. The lowest BCUT2D eigenvalue weighted by molar-refractivity contribution is -0.126. The lowest BCUT2D eigenvalue weighted by Crippen LogP contribution is -2.48. The van der Waals surface area contributed by atoms with E-state index in [1.807, 2.05) is 13.8 Å². The van der Waals surface area contributed by atoms with Crippen molar-refractivity contribution in [1.82, 2.24) is 5.32 Å². The van der Waals surface area contributed by atoms with Crippen LogP contribution in [0.15, 0.2) is 0 Å². The molecule has 1 rings (SSSR count). The quantitative estimate of drug-likeness (QED) is 0.676. The fourth-order valence-corrected chi connectivity index (χ4v) is 1.72. The summed E-state index contributed by atoms with van der Waals surface area (Å²) in [6.45, 7) is 5.52. The zero-order chi connectivity index (χ0) is 10.1. The highest BCUT2D eigenvalue weighted by Crippen LogP contribution is 2.29. The lowest BCUT2D eigenvalue weighted by Gasteiger charge is -2.27. The van der Waals surface area contributed by atoms with Crippen molar-refractivity contribution in [2.75, 3.05) is 0 Å². The van der Waals surface area contributed by atoms with Gasteiger partial charge in [-0.15, -0.1) is 0 Å². The van der Waals surface area contributed by atoms with E-state index in [1.165, 1.54) is 0 Å². The molecular weight excluding hydrogens is 166 g/mol. The van der Waals surface area contributed by atoms with Gasteiger partial charge in [-0.05, 0) is 26.2 Å². The highest BCUT2D eigenvalue weighted by Gasteiger charge is 2.37. The summed E-state index contributed by atoms with van der Waals surface area (Å²) in [5, 5.41) is 12.7. The first kappa shape index (κ1) is 10.5. The maximum absolute atomic E-state index is 11.4. The maximum atomic E-state index is 11.4. The number of amides is 1. The molecule has 1 saturated carbocycles. The van der Waals surface area contributed by atoms with E-state index in [4.69, 9.17) is 0 Å². The fourth-order valence-electron chi connectivity index (χ4n) is 1.72. The van der Waals surface area contributed by atoms with Gasteiger partial charge in [0.1, 0.15) is 0 Å². The molecule has 3 heteroatoms. The van der Waals surface area contributed by atoms with Gasteiger partial charge in [0.15, 0.2) is 0 Å². The molecule has 1 fully saturated rings. The molecule has 0 aromatic carbocycles. The minimum absolute atomic E-state index is 0.00333. The van der Waals surface area contributed by atoms with Gasteiger partial charge in [-0.1, -0.05) is 13.8 Å². The first-order valence-electron chi connectivity index (χ1n) is 4.96. The molecule has 0 aromatic rings. The third kappa shape index (κ3) is 2.44. The Morgan fingerprint density at radius 1 is 1.62 bits per heavy atom. The molecule has 0 aromatic heterocycles. The van der Waals surface area contributed by atoms with E-state index in [0.29, 0.717) is 0 Å². The molecule has 0 heterocycles. The van der Waals surface area contributed by atoms with E-state index in [9.17, 15) is 9.90 Å². The van der Waals surface area contributed by atoms with Gasteiger partial charge in [-0.3, -0.25) is 4.79 Å². The van der Waals surface area contributed by atoms with E-state index in [0.717, 1.165) is 19.3 Å². The van der Waals surface area contributed by atoms with Crippen molar-refractivity contribution in [3.8, 4) is 0 Å². The monoisotopic (exact) mass is 185 g/mol. The van der Waals surface area contributed by atoms with Crippen LogP contribution in [0.2, 0.25) is 0 Å². The second-order valence-corrected chi connectivity index (χ2v) is 4.47. The molecule has 0 aliphatic heterocycles. The van der Waals surface area contributed by atoms with Crippen LogP contribution >= 0.6 is 0 Å². The van der Waals surface area contributed by atoms with Crippen LogP contribution in [0.3, 0.4) is 0 Å². The van der Waals surface area contributed by atoms with Crippen LogP contribution in [0.4, 0.5) is 0 Å². The maximum Gasteiger partial charge on any atom is 0.222 e. The van der Waals surface area contributed by atoms with Crippen LogP contribution in [0.1, 0.15) is 40.0 Å². The van der Waals surface area contributed by atoms with Gasteiger partial charge in [-0.25, -0.2) is 0 Å². The van der Waals surface area contributed by atoms with E-state index in [1.54, 1.807) is 6.92 Å². The highest BCUT2D eigenvalue weighted by molar-refractivity contribution is 5.78. The van der Waals surface area contributed by atoms with Crippen molar-refractivity contribution in [2.24, 2.45) is 5.92 Å². The Morgan fingerprint density at radius 2 is 2.23 bits per heavy atom. The summed E-state index contributed by atoms with van der Waals surface area (Å²) in [6, 6.07) is -0.0533. The molecule has 0 saturated heterocycles. The summed E-state index contributed by atoms with van der Waals surface area (Å²) in [7, 11) is 0. The van der Waals surface area contributed by atoms with Gasteiger partial charge >= 0.3 is 0 Å². The predicted octanol–water partition coefficient (Wildman–Crippen LogP) is 1.06. The molecule has 13 heavy (non-hydrogen) atoms. The number of aliphatic hydroxyl groups is 1. The average molecular weight is 185 g/mol. The summed E-state index contributed by atoms with van der Waals surface area (Å²) >= 11 is 0. The van der Waals surface area contributed by atoms with Gasteiger partial charge in [0.05, 0.1) is 11.6 Å². The fraction of sp³-hybridized carbons (Fsp3) is 0.900. The summed E-state index contributed by atoms with van der Waals surface area (Å²) in [6.07, 6.45) is 2.68. The Labute approximate surface area is 79.5 Å². The van der Waals surface area contributed by atoms with Gasteiger partial charge in [0, 0.05) is 5.92 Å². The number of nitrogens with one attached hydrogen (secondary N) is 1. The van der Waals surface area contributed by atoms with E-state index in [2.05, 4.69) is 5.32 Å². The molecule has 0 radical (unpaired) electrons. The number of carbonyl (C=O) groups excluding carboxylic acids is 1. The largest absolute Gasteiger partial charge is 0.388 e. The molecule has 1 amide bonds. The second kappa shape index (κ2) is 3.66. The van der Waals surface area contributed by atoms with E-state index < -0.39 is 5.60 Å². The molecular formula is C10H19NO2. The van der Waals surface area contributed by atoms with Crippen LogP contribution in [0, 0.1) is 5.92 Å². The summed E-state index contributed by atoms with van der Waals surface area (Å²) in [5.41, 5.74) is -0.704. The summed E-state index contributed by atoms with van der Waals surface area (Å²) in [4.78, 5) is 11.4. The molecule has 0 spiro atoms. The zero-order valence-corrected chi connectivity index (χ0v) is 8.63. The van der Waals surface area contributed by atoms with Crippen LogP contribution in [-0.4, -0.2) is 22.7 Å². The lowest BCUT2D eigenvalue weighted by atomic mass is 10.00. The van der Waals surface area contributed by atoms with E-state index in [-0.39, 0.29) is 17.9 Å². The molecule has 1 aliphatic rings. The van der Waals surface area contributed by atoms with Crippen molar-refractivity contribution in [1.29, 1.82) is 0 Å². The van der Waals surface area contributed by atoms with E-state index >= 15 is 0 Å². The van der Waals surface area contributed by atoms with Crippen LogP contribution in [0.5, 0.6) is 0 Å². The number of hydrogen-bond acceptors (Lipinski definition) is 2. The van der Waals surface area contributed by atoms with Gasteiger partial charge in [0.2, 0.25) is 5.91 Å². The molecule has 0 bridgehead atoms. The van der Waals surface area contributed by atoms with Gasteiger partial charge in [-0.2, -0.15) is 0 Å². The summed E-state index contributed by atoms with van der Waals surface area (Å²) < 4.78 is 0. The minimum Gasteiger partial charge on any atom is -0.388 e. The van der Waals surface area contributed by atoms with Crippen LogP contribution in [-0.2, 0) is 4.79 Å². The predicted molar refractivity (Wildman–Crippen MR) is 51.2 cm³/mol. The van der Waals surface area contributed by atoms with Gasteiger partial charge in [0.25, 0.3) is 0 Å². The molecule has 2 unspecified atom stereocenters. The van der Waals surface area contributed by atoms with Crippen LogP contribution < -0.4 is 5.32 Å². The highest BCUT2D eigenvalue weighted by atomic mass is 16.3. The van der Waals surface area contributed by atoms with Crippen molar-refractivity contribution >= 4 is 5.91 Å². The van der Waals surface area contributed by atoms with Crippen LogP contribution in [0.25, 0.3) is 0 Å². The Hall–Kier alpha value is -0.570. The molecule has 2 N–H and O–H groups in total. The van der Waals surface area contributed by atoms with Crippen molar-refractivity contribution < 1.29 is 9.90 Å². The number of rotatable bonds is 2. The Balaban J connectivity index is 2.50. The molecule has 1 aliphatic carbocycles. The van der Waals surface area contributed by atoms with Crippen molar-refractivity contribution in [2.45, 2.75) is 51.7 Å². The zero-order valence-electron chi connectivity index (χ0n) is 8.63. The topological polar surface area (TPSA) is 49.3 Å². The third-order valence-electron chi connectivity index (χ3n) is 2.77. The molecule has 3 nitrogen and oxygen atoms in total.